The summed E-state index contributed by atoms with van der Waals surface area (Å²) in [5.74, 6) is 1.60. The van der Waals surface area contributed by atoms with Gasteiger partial charge in [-0.1, -0.05) is 12.1 Å². The van der Waals surface area contributed by atoms with Gasteiger partial charge in [0.2, 0.25) is 0 Å². The second kappa shape index (κ2) is 5.27. The molecule has 0 bridgehead atoms. The van der Waals surface area contributed by atoms with Crippen molar-refractivity contribution in [3.8, 4) is 5.75 Å². The Hall–Kier alpha value is -1.46. The fourth-order valence-electron chi connectivity index (χ4n) is 2.11. The van der Waals surface area contributed by atoms with E-state index < -0.39 is 6.10 Å². The molecule has 0 saturated heterocycles. The van der Waals surface area contributed by atoms with Gasteiger partial charge in [-0.3, -0.25) is 4.68 Å². The molecule has 19 heavy (non-hydrogen) atoms. The summed E-state index contributed by atoms with van der Waals surface area (Å²) in [5, 5.41) is 14.6. The molecule has 100 valence electrons. The average molecular weight is 276 g/mol. The van der Waals surface area contributed by atoms with Gasteiger partial charge in [-0.15, -0.1) is 11.8 Å². The van der Waals surface area contributed by atoms with Crippen molar-refractivity contribution in [3.63, 3.8) is 0 Å². The highest BCUT2D eigenvalue weighted by Crippen LogP contribution is 2.38. The zero-order valence-corrected chi connectivity index (χ0v) is 11.5. The molecule has 2 unspecified atom stereocenters. The van der Waals surface area contributed by atoms with Gasteiger partial charge in [-0.2, -0.15) is 5.10 Å². The van der Waals surface area contributed by atoms with Crippen LogP contribution in [-0.2, 0) is 6.54 Å². The highest BCUT2D eigenvalue weighted by molar-refractivity contribution is 7.99. The van der Waals surface area contributed by atoms with Crippen LogP contribution in [0.25, 0.3) is 0 Å². The number of aryl methyl sites for hydroxylation is 1. The third-order valence-corrected chi connectivity index (χ3v) is 4.34. The largest absolute Gasteiger partial charge is 0.485 e. The number of nitrogens with zero attached hydrogens (tertiary/aromatic N) is 2. The monoisotopic (exact) mass is 276 g/mol. The minimum atomic E-state index is -0.638. The molecule has 1 aromatic heterocycles. The average Bonchev–Trinajstić information content (AvgIpc) is 2.95. The number of benzene rings is 1. The van der Waals surface area contributed by atoms with Crippen LogP contribution in [0.2, 0.25) is 0 Å². The minimum Gasteiger partial charge on any atom is -0.485 e. The quantitative estimate of drug-likeness (QED) is 0.935. The number of aromatic nitrogens is 2. The van der Waals surface area contributed by atoms with Crippen molar-refractivity contribution in [3.05, 3.63) is 42.2 Å². The van der Waals surface area contributed by atoms with Crippen molar-refractivity contribution < 1.29 is 9.84 Å². The van der Waals surface area contributed by atoms with E-state index in [0.29, 0.717) is 0 Å². The molecule has 0 amide bonds. The first-order valence-corrected chi connectivity index (χ1v) is 7.35. The SMILES string of the molecule is CCn1cc(C(O)C2CSc3ccccc3O2)cn1. The minimum absolute atomic E-state index is 0.227. The summed E-state index contributed by atoms with van der Waals surface area (Å²) in [5.41, 5.74) is 0.812. The normalized spacial score (nSPS) is 19.6. The third kappa shape index (κ3) is 2.48. The summed E-state index contributed by atoms with van der Waals surface area (Å²) in [7, 11) is 0. The standard InChI is InChI=1S/C14H16N2O2S/c1-2-16-8-10(7-15-16)14(17)12-9-19-13-6-4-3-5-11(13)18-12/h3-8,12,14,17H,2,9H2,1H3. The second-order valence-corrected chi connectivity index (χ2v) is 5.55. The zero-order chi connectivity index (χ0) is 13.2. The maximum atomic E-state index is 10.4. The lowest BCUT2D eigenvalue weighted by Gasteiger charge is -2.28. The summed E-state index contributed by atoms with van der Waals surface area (Å²) >= 11 is 1.72. The van der Waals surface area contributed by atoms with Gasteiger partial charge in [0.25, 0.3) is 0 Å². The Balaban J connectivity index is 1.77. The lowest BCUT2D eigenvalue weighted by Crippen LogP contribution is -2.30. The lowest BCUT2D eigenvalue weighted by atomic mass is 10.1. The van der Waals surface area contributed by atoms with Gasteiger partial charge in [0, 0.05) is 29.0 Å². The summed E-state index contributed by atoms with van der Waals surface area (Å²) in [6, 6.07) is 7.93. The van der Waals surface area contributed by atoms with E-state index in [4.69, 9.17) is 4.74 Å². The smallest absolute Gasteiger partial charge is 0.138 e. The predicted octanol–water partition coefficient (Wildman–Crippen LogP) is 2.49. The van der Waals surface area contributed by atoms with E-state index in [1.165, 1.54) is 0 Å². The highest BCUT2D eigenvalue weighted by atomic mass is 32.2. The number of ether oxygens (including phenoxy) is 1. The van der Waals surface area contributed by atoms with Crippen molar-refractivity contribution in [1.29, 1.82) is 0 Å². The van der Waals surface area contributed by atoms with Crippen LogP contribution < -0.4 is 4.74 Å². The van der Waals surface area contributed by atoms with E-state index in [9.17, 15) is 5.11 Å². The number of hydrogen-bond acceptors (Lipinski definition) is 4. The summed E-state index contributed by atoms with van der Waals surface area (Å²) in [4.78, 5) is 1.13. The number of hydrogen-bond donors (Lipinski definition) is 1. The Bertz CT molecular complexity index is 570. The summed E-state index contributed by atoms with van der Waals surface area (Å²) in [6.07, 6.45) is 2.72. The molecule has 0 spiro atoms. The van der Waals surface area contributed by atoms with Gasteiger partial charge in [-0.25, -0.2) is 0 Å². The van der Waals surface area contributed by atoms with Gasteiger partial charge in [0.1, 0.15) is 18.0 Å². The van der Waals surface area contributed by atoms with E-state index in [1.807, 2.05) is 42.1 Å². The molecular weight excluding hydrogens is 260 g/mol. The Morgan fingerprint density at radius 2 is 2.37 bits per heavy atom. The van der Waals surface area contributed by atoms with Crippen LogP contribution >= 0.6 is 11.8 Å². The van der Waals surface area contributed by atoms with Gasteiger partial charge in [0.15, 0.2) is 0 Å². The van der Waals surface area contributed by atoms with E-state index in [0.717, 1.165) is 28.5 Å². The molecule has 5 heteroatoms. The molecule has 4 nitrogen and oxygen atoms in total. The van der Waals surface area contributed by atoms with Crippen LogP contribution in [0.3, 0.4) is 0 Å². The summed E-state index contributed by atoms with van der Waals surface area (Å²) < 4.78 is 7.69. The number of para-hydroxylation sites is 1. The van der Waals surface area contributed by atoms with Gasteiger partial charge < -0.3 is 9.84 Å². The molecule has 0 saturated carbocycles. The van der Waals surface area contributed by atoms with Crippen molar-refractivity contribution in [2.24, 2.45) is 0 Å². The first kappa shape index (κ1) is 12.6. The molecular formula is C14H16N2O2S. The maximum Gasteiger partial charge on any atom is 0.138 e. The van der Waals surface area contributed by atoms with Gasteiger partial charge in [-0.05, 0) is 19.1 Å². The number of thioether (sulfide) groups is 1. The summed E-state index contributed by atoms with van der Waals surface area (Å²) in [6.45, 7) is 2.82. The Labute approximate surface area is 116 Å². The fourth-order valence-corrected chi connectivity index (χ4v) is 3.14. The fraction of sp³-hybridized carbons (Fsp3) is 0.357. The molecule has 1 N–H and O–H groups in total. The van der Waals surface area contributed by atoms with Gasteiger partial charge >= 0.3 is 0 Å². The second-order valence-electron chi connectivity index (χ2n) is 4.49. The van der Waals surface area contributed by atoms with Crippen molar-refractivity contribution >= 4 is 11.8 Å². The van der Waals surface area contributed by atoms with Crippen LogP contribution in [-0.4, -0.2) is 26.7 Å². The predicted molar refractivity (Wildman–Crippen MR) is 74.4 cm³/mol. The topological polar surface area (TPSA) is 47.3 Å². The van der Waals surface area contributed by atoms with Gasteiger partial charge in [0.05, 0.1) is 6.20 Å². The Morgan fingerprint density at radius 1 is 1.53 bits per heavy atom. The highest BCUT2D eigenvalue weighted by Gasteiger charge is 2.28. The Kier molecular flexibility index (Phi) is 3.48. The molecule has 0 aliphatic carbocycles. The number of aliphatic hydroxyl groups excluding tert-OH is 1. The first-order valence-electron chi connectivity index (χ1n) is 6.37. The first-order chi connectivity index (χ1) is 9.28. The van der Waals surface area contributed by atoms with Crippen LogP contribution in [0.15, 0.2) is 41.6 Å². The molecule has 2 atom stereocenters. The molecule has 1 aliphatic heterocycles. The van der Waals surface area contributed by atoms with Crippen LogP contribution in [0.5, 0.6) is 5.75 Å². The molecule has 0 fully saturated rings. The molecule has 1 aromatic carbocycles. The van der Waals surface area contributed by atoms with Crippen LogP contribution in [0, 0.1) is 0 Å². The molecule has 0 radical (unpaired) electrons. The van der Waals surface area contributed by atoms with E-state index in [1.54, 1.807) is 18.0 Å². The lowest BCUT2D eigenvalue weighted by molar-refractivity contribution is 0.0457. The Morgan fingerprint density at radius 3 is 3.16 bits per heavy atom. The van der Waals surface area contributed by atoms with Crippen LogP contribution in [0.4, 0.5) is 0 Å². The molecule has 2 heterocycles. The van der Waals surface area contributed by atoms with E-state index in [2.05, 4.69) is 5.10 Å². The molecule has 1 aliphatic rings. The zero-order valence-electron chi connectivity index (χ0n) is 10.7. The van der Waals surface area contributed by atoms with Crippen molar-refractivity contribution in [1.82, 2.24) is 9.78 Å². The number of rotatable bonds is 3. The maximum absolute atomic E-state index is 10.4. The van der Waals surface area contributed by atoms with Crippen molar-refractivity contribution in [2.75, 3.05) is 5.75 Å². The third-order valence-electron chi connectivity index (χ3n) is 3.20. The molecule has 3 rings (SSSR count). The van der Waals surface area contributed by atoms with E-state index >= 15 is 0 Å². The molecule has 2 aromatic rings. The van der Waals surface area contributed by atoms with Crippen LogP contribution in [0.1, 0.15) is 18.6 Å². The number of aliphatic hydroxyl groups is 1. The van der Waals surface area contributed by atoms with E-state index in [-0.39, 0.29) is 6.10 Å². The number of fused-ring (bicyclic) bond motifs is 1. The van der Waals surface area contributed by atoms with Crippen molar-refractivity contribution in [2.45, 2.75) is 30.6 Å².